The molecule has 1 N–H and O–H groups in total. The summed E-state index contributed by atoms with van der Waals surface area (Å²) in [6.07, 6.45) is 7.74. The van der Waals surface area contributed by atoms with E-state index < -0.39 is 0 Å². The molecule has 3 aromatic heterocycles. The lowest BCUT2D eigenvalue weighted by Crippen LogP contribution is -2.35. The van der Waals surface area contributed by atoms with Gasteiger partial charge >= 0.3 is 0 Å². The van der Waals surface area contributed by atoms with Crippen molar-refractivity contribution in [1.82, 2.24) is 24.8 Å². The van der Waals surface area contributed by atoms with E-state index in [9.17, 15) is 4.79 Å². The molecule has 0 saturated carbocycles. The van der Waals surface area contributed by atoms with Crippen molar-refractivity contribution in [2.75, 3.05) is 6.54 Å². The lowest BCUT2D eigenvalue weighted by molar-refractivity contribution is 0.241. The van der Waals surface area contributed by atoms with Crippen molar-refractivity contribution in [3.63, 3.8) is 0 Å². The molecule has 0 atom stereocenters. The Kier molecular flexibility index (Phi) is 4.42. The van der Waals surface area contributed by atoms with Crippen LogP contribution >= 0.6 is 15.9 Å². The summed E-state index contributed by atoms with van der Waals surface area (Å²) in [6, 6.07) is 5.69. The maximum Gasteiger partial charge on any atom is 0.255 e. The van der Waals surface area contributed by atoms with Crippen LogP contribution in [0.15, 0.2) is 52.3 Å². The maximum absolute atomic E-state index is 12.6. The molecule has 4 heterocycles. The Hall–Kier alpha value is -2.38. The highest BCUT2D eigenvalue weighted by molar-refractivity contribution is 9.10. The SMILES string of the molecule is O=c1[nH]c(-c2ccncc2)nc2c1CN(Cc1ccncc1Br)CC2. The molecule has 0 radical (unpaired) electrons. The van der Waals surface area contributed by atoms with E-state index in [4.69, 9.17) is 0 Å². The summed E-state index contributed by atoms with van der Waals surface area (Å²) in [7, 11) is 0. The standard InChI is InChI=1S/C18H16BrN5O/c19-15-9-21-7-3-13(15)10-24-8-4-16-14(11-24)18(25)23-17(22-16)12-1-5-20-6-2-12/h1-3,5-7,9H,4,8,10-11H2,(H,22,23,25). The molecule has 0 aromatic carbocycles. The number of hydrogen-bond donors (Lipinski definition) is 1. The van der Waals surface area contributed by atoms with Gasteiger partial charge in [-0.05, 0) is 39.7 Å². The molecule has 1 aliphatic rings. The minimum Gasteiger partial charge on any atom is -0.306 e. The summed E-state index contributed by atoms with van der Waals surface area (Å²) in [6.45, 7) is 2.24. The number of rotatable bonds is 3. The van der Waals surface area contributed by atoms with Gasteiger partial charge in [-0.2, -0.15) is 0 Å². The first-order valence-corrected chi connectivity index (χ1v) is 8.83. The van der Waals surface area contributed by atoms with Crippen LogP contribution in [0.4, 0.5) is 0 Å². The molecule has 3 aromatic rings. The van der Waals surface area contributed by atoms with Crippen LogP contribution in [0, 0.1) is 0 Å². The van der Waals surface area contributed by atoms with Gasteiger partial charge in [0.2, 0.25) is 0 Å². The first-order chi connectivity index (χ1) is 12.2. The van der Waals surface area contributed by atoms with E-state index in [1.165, 1.54) is 0 Å². The van der Waals surface area contributed by atoms with E-state index in [-0.39, 0.29) is 5.56 Å². The molecular weight excluding hydrogens is 382 g/mol. The number of halogens is 1. The second-order valence-electron chi connectivity index (χ2n) is 6.00. The summed E-state index contributed by atoms with van der Waals surface area (Å²) in [4.78, 5) is 30.5. The van der Waals surface area contributed by atoms with Gasteiger partial charge in [0.05, 0.1) is 11.3 Å². The third-order valence-corrected chi connectivity index (χ3v) is 5.07. The Morgan fingerprint density at radius 1 is 1.16 bits per heavy atom. The summed E-state index contributed by atoms with van der Waals surface area (Å²) < 4.78 is 0.987. The van der Waals surface area contributed by atoms with Crippen LogP contribution in [-0.2, 0) is 19.5 Å². The Labute approximate surface area is 153 Å². The predicted octanol–water partition coefficient (Wildman–Crippen LogP) is 2.55. The molecule has 1 aliphatic heterocycles. The van der Waals surface area contributed by atoms with Crippen molar-refractivity contribution in [2.45, 2.75) is 19.5 Å². The van der Waals surface area contributed by atoms with E-state index in [2.05, 4.69) is 40.8 Å². The second kappa shape index (κ2) is 6.85. The molecular formula is C18H16BrN5O. The molecule has 25 heavy (non-hydrogen) atoms. The molecule has 0 bridgehead atoms. The molecule has 0 amide bonds. The van der Waals surface area contributed by atoms with Crippen LogP contribution in [0.5, 0.6) is 0 Å². The maximum atomic E-state index is 12.6. The van der Waals surface area contributed by atoms with Gasteiger partial charge < -0.3 is 4.98 Å². The number of aromatic nitrogens is 4. The number of nitrogens with zero attached hydrogens (tertiary/aromatic N) is 4. The van der Waals surface area contributed by atoms with E-state index in [1.807, 2.05) is 18.2 Å². The van der Waals surface area contributed by atoms with Crippen molar-refractivity contribution in [3.05, 3.63) is 74.6 Å². The van der Waals surface area contributed by atoms with Gasteiger partial charge in [-0.15, -0.1) is 0 Å². The molecule has 7 heteroatoms. The third-order valence-electron chi connectivity index (χ3n) is 4.35. The normalized spacial score (nSPS) is 14.3. The van der Waals surface area contributed by atoms with Gasteiger partial charge in [0.25, 0.3) is 5.56 Å². The van der Waals surface area contributed by atoms with Crippen molar-refractivity contribution < 1.29 is 0 Å². The van der Waals surface area contributed by atoms with Crippen LogP contribution in [0.1, 0.15) is 16.8 Å². The van der Waals surface area contributed by atoms with Crippen LogP contribution in [0.3, 0.4) is 0 Å². The lowest BCUT2D eigenvalue weighted by Gasteiger charge is -2.28. The Morgan fingerprint density at radius 2 is 1.96 bits per heavy atom. The van der Waals surface area contributed by atoms with Gasteiger partial charge in [-0.3, -0.25) is 19.7 Å². The average Bonchev–Trinajstić information content (AvgIpc) is 2.65. The lowest BCUT2D eigenvalue weighted by atomic mass is 10.1. The number of nitrogens with one attached hydrogen (secondary N) is 1. The summed E-state index contributed by atoms with van der Waals surface area (Å²) in [5, 5.41) is 0. The molecule has 0 aliphatic carbocycles. The zero-order valence-electron chi connectivity index (χ0n) is 13.4. The van der Waals surface area contributed by atoms with Gasteiger partial charge in [0, 0.05) is 60.9 Å². The zero-order chi connectivity index (χ0) is 17.2. The highest BCUT2D eigenvalue weighted by atomic mass is 79.9. The number of aromatic amines is 1. The van der Waals surface area contributed by atoms with E-state index in [1.54, 1.807) is 24.8 Å². The van der Waals surface area contributed by atoms with Crippen LogP contribution in [-0.4, -0.2) is 31.4 Å². The molecule has 0 spiro atoms. The van der Waals surface area contributed by atoms with Crippen molar-refractivity contribution in [2.24, 2.45) is 0 Å². The minimum atomic E-state index is -0.0599. The Bertz CT molecular complexity index is 957. The predicted molar refractivity (Wildman–Crippen MR) is 97.8 cm³/mol. The van der Waals surface area contributed by atoms with E-state index in [0.717, 1.165) is 46.4 Å². The first-order valence-electron chi connectivity index (χ1n) is 8.04. The van der Waals surface area contributed by atoms with Crippen LogP contribution < -0.4 is 5.56 Å². The van der Waals surface area contributed by atoms with Gasteiger partial charge in [0.15, 0.2) is 0 Å². The smallest absolute Gasteiger partial charge is 0.255 e. The molecule has 0 fully saturated rings. The summed E-state index contributed by atoms with van der Waals surface area (Å²) >= 11 is 3.53. The van der Waals surface area contributed by atoms with E-state index in [0.29, 0.717) is 12.4 Å². The number of pyridine rings is 2. The fourth-order valence-corrected chi connectivity index (χ4v) is 3.41. The first kappa shape index (κ1) is 16.1. The second-order valence-corrected chi connectivity index (χ2v) is 6.86. The van der Waals surface area contributed by atoms with Gasteiger partial charge in [-0.25, -0.2) is 4.98 Å². The van der Waals surface area contributed by atoms with Crippen molar-refractivity contribution in [1.29, 1.82) is 0 Å². The quantitative estimate of drug-likeness (QED) is 0.734. The van der Waals surface area contributed by atoms with E-state index >= 15 is 0 Å². The number of hydrogen-bond acceptors (Lipinski definition) is 5. The summed E-state index contributed by atoms with van der Waals surface area (Å²) in [5.41, 5.74) is 3.62. The molecule has 0 unspecified atom stereocenters. The van der Waals surface area contributed by atoms with Crippen LogP contribution in [0.2, 0.25) is 0 Å². The highest BCUT2D eigenvalue weighted by Gasteiger charge is 2.22. The topological polar surface area (TPSA) is 74.8 Å². The van der Waals surface area contributed by atoms with Gasteiger partial charge in [-0.1, -0.05) is 0 Å². The monoisotopic (exact) mass is 397 g/mol. The van der Waals surface area contributed by atoms with Crippen molar-refractivity contribution >= 4 is 15.9 Å². The zero-order valence-corrected chi connectivity index (χ0v) is 15.0. The minimum absolute atomic E-state index is 0.0599. The Morgan fingerprint density at radius 3 is 2.76 bits per heavy atom. The summed E-state index contributed by atoms with van der Waals surface area (Å²) in [5.74, 6) is 0.608. The molecule has 6 nitrogen and oxygen atoms in total. The highest BCUT2D eigenvalue weighted by Crippen LogP contribution is 2.22. The molecule has 4 rings (SSSR count). The largest absolute Gasteiger partial charge is 0.306 e. The Balaban J connectivity index is 1.60. The molecule has 126 valence electrons. The number of fused-ring (bicyclic) bond motifs is 1. The van der Waals surface area contributed by atoms with Crippen LogP contribution in [0.25, 0.3) is 11.4 Å². The fourth-order valence-electron chi connectivity index (χ4n) is 3.04. The van der Waals surface area contributed by atoms with Gasteiger partial charge in [0.1, 0.15) is 5.82 Å². The fraction of sp³-hybridized carbons (Fsp3) is 0.222. The third kappa shape index (κ3) is 3.38. The number of H-pyrrole nitrogens is 1. The van der Waals surface area contributed by atoms with Crippen molar-refractivity contribution in [3.8, 4) is 11.4 Å². The average molecular weight is 398 g/mol. The molecule has 0 saturated heterocycles.